The lowest BCUT2D eigenvalue weighted by molar-refractivity contribution is -0.138. The summed E-state index contributed by atoms with van der Waals surface area (Å²) in [7, 11) is 0. The molecule has 1 aromatic carbocycles. The molecule has 96 valence electrons. The first-order valence-electron chi connectivity index (χ1n) is 5.60. The minimum Gasteiger partial charge on any atom is -0.480 e. The number of carboxylic acids is 1. The summed E-state index contributed by atoms with van der Waals surface area (Å²) < 4.78 is 7.65. The quantitative estimate of drug-likeness (QED) is 0.890. The van der Waals surface area contributed by atoms with Crippen LogP contribution >= 0.6 is 11.7 Å². The van der Waals surface area contributed by atoms with E-state index in [0.717, 1.165) is 17.3 Å². The third kappa shape index (κ3) is 1.88. The van der Waals surface area contributed by atoms with E-state index in [9.17, 15) is 14.7 Å². The summed E-state index contributed by atoms with van der Waals surface area (Å²) in [5.41, 5.74) is 1.66. The molecule has 2 heterocycles. The summed E-state index contributed by atoms with van der Waals surface area (Å²) in [5, 5.41) is 9.27. The first-order valence-corrected chi connectivity index (χ1v) is 6.33. The second-order valence-corrected chi connectivity index (χ2v) is 4.71. The van der Waals surface area contributed by atoms with Gasteiger partial charge in [0.15, 0.2) is 5.69 Å². The Hall–Kier alpha value is -2.28. The number of aromatic nitrogens is 2. The Morgan fingerprint density at radius 1 is 1.37 bits per heavy atom. The first-order chi connectivity index (χ1) is 9.18. The number of carbonyl (C=O) groups is 2. The van der Waals surface area contributed by atoms with E-state index in [1.165, 1.54) is 11.1 Å². The zero-order valence-electron chi connectivity index (χ0n) is 9.68. The van der Waals surface area contributed by atoms with Crippen molar-refractivity contribution in [1.29, 1.82) is 0 Å². The third-order valence-electron chi connectivity index (χ3n) is 3.06. The van der Waals surface area contributed by atoms with E-state index in [1.807, 2.05) is 12.1 Å². The highest BCUT2D eigenvalue weighted by Crippen LogP contribution is 2.33. The largest absolute Gasteiger partial charge is 0.480 e. The van der Waals surface area contributed by atoms with Gasteiger partial charge in [-0.3, -0.25) is 9.69 Å². The van der Waals surface area contributed by atoms with Crippen LogP contribution in [0.25, 0.3) is 0 Å². The molecule has 7 heteroatoms. The number of nitrogens with zero attached hydrogens (tertiary/aromatic N) is 3. The molecule has 1 aliphatic heterocycles. The molecule has 0 spiro atoms. The number of fused-ring (bicyclic) bond motifs is 1. The summed E-state index contributed by atoms with van der Waals surface area (Å²) in [6, 6.07) is 6.30. The minimum atomic E-state index is -1.02. The fourth-order valence-corrected chi connectivity index (χ4v) is 2.62. The molecule has 6 nitrogen and oxygen atoms in total. The molecule has 1 unspecified atom stereocenters. The molecule has 0 saturated carbocycles. The minimum absolute atomic E-state index is 0.174. The van der Waals surface area contributed by atoms with Crippen LogP contribution in [-0.4, -0.2) is 31.8 Å². The monoisotopic (exact) mass is 275 g/mol. The summed E-state index contributed by atoms with van der Waals surface area (Å²) >= 11 is 0.923. The number of benzene rings is 1. The number of aliphatic carboxylic acids is 1. The topological polar surface area (TPSA) is 83.4 Å². The highest BCUT2D eigenvalue weighted by Gasteiger charge is 2.39. The number of hydrogen-bond donors (Lipinski definition) is 1. The maximum absolute atomic E-state index is 12.4. The van der Waals surface area contributed by atoms with Gasteiger partial charge in [0.1, 0.15) is 6.04 Å². The number of anilines is 1. The van der Waals surface area contributed by atoms with Crippen LogP contribution in [0, 0.1) is 0 Å². The Labute approximate surface area is 112 Å². The standard InChI is InChI=1S/C12H9N3O3S/c16-11(8-6-13-19-14-8)15-9-4-2-1-3-7(9)5-10(15)12(17)18/h1-4,6,10H,5H2,(H,17,18). The smallest absolute Gasteiger partial charge is 0.327 e. The average molecular weight is 275 g/mol. The van der Waals surface area contributed by atoms with Crippen molar-refractivity contribution >= 4 is 29.3 Å². The van der Waals surface area contributed by atoms with E-state index < -0.39 is 17.9 Å². The van der Waals surface area contributed by atoms with Crippen molar-refractivity contribution in [3.63, 3.8) is 0 Å². The van der Waals surface area contributed by atoms with Crippen LogP contribution in [0.5, 0.6) is 0 Å². The van der Waals surface area contributed by atoms with Gasteiger partial charge in [-0.25, -0.2) is 4.79 Å². The van der Waals surface area contributed by atoms with Crippen molar-refractivity contribution in [2.75, 3.05) is 4.90 Å². The lowest BCUT2D eigenvalue weighted by atomic mass is 10.1. The molecule has 0 bridgehead atoms. The number of carbonyl (C=O) groups excluding carboxylic acids is 1. The lowest BCUT2D eigenvalue weighted by Gasteiger charge is -2.21. The summed E-state index contributed by atoms with van der Waals surface area (Å²) in [6.45, 7) is 0. The van der Waals surface area contributed by atoms with Gasteiger partial charge in [-0.05, 0) is 11.6 Å². The zero-order valence-corrected chi connectivity index (χ0v) is 10.5. The lowest BCUT2D eigenvalue weighted by Crippen LogP contribution is -2.43. The Morgan fingerprint density at radius 3 is 2.84 bits per heavy atom. The molecule has 1 aromatic heterocycles. The van der Waals surface area contributed by atoms with Crippen molar-refractivity contribution in [2.24, 2.45) is 0 Å². The van der Waals surface area contributed by atoms with Crippen molar-refractivity contribution in [3.8, 4) is 0 Å². The number of hydrogen-bond acceptors (Lipinski definition) is 5. The van der Waals surface area contributed by atoms with Crippen molar-refractivity contribution in [1.82, 2.24) is 8.75 Å². The van der Waals surface area contributed by atoms with Crippen LogP contribution in [0.15, 0.2) is 30.5 Å². The molecule has 0 saturated heterocycles. The fraction of sp³-hybridized carbons (Fsp3) is 0.167. The number of carboxylic acid groups (broad SMARTS) is 1. The first kappa shape index (κ1) is 11.8. The van der Waals surface area contributed by atoms with Gasteiger partial charge in [0.05, 0.1) is 17.9 Å². The zero-order chi connectivity index (χ0) is 13.4. The highest BCUT2D eigenvalue weighted by molar-refractivity contribution is 6.99. The van der Waals surface area contributed by atoms with Gasteiger partial charge < -0.3 is 5.11 Å². The van der Waals surface area contributed by atoms with Gasteiger partial charge in [0.25, 0.3) is 5.91 Å². The van der Waals surface area contributed by atoms with E-state index >= 15 is 0 Å². The molecule has 1 amide bonds. The van der Waals surface area contributed by atoms with Crippen LogP contribution in [0.3, 0.4) is 0 Å². The Bertz CT molecular complexity index is 641. The molecule has 1 N–H and O–H groups in total. The average Bonchev–Trinajstić information content (AvgIpc) is 3.05. The summed E-state index contributed by atoms with van der Waals surface area (Å²) in [4.78, 5) is 25.0. The van der Waals surface area contributed by atoms with Crippen LogP contribution in [-0.2, 0) is 11.2 Å². The van der Waals surface area contributed by atoms with E-state index in [1.54, 1.807) is 12.1 Å². The van der Waals surface area contributed by atoms with Crippen molar-refractivity contribution < 1.29 is 14.7 Å². The van der Waals surface area contributed by atoms with Crippen LogP contribution in [0.2, 0.25) is 0 Å². The Balaban J connectivity index is 2.05. The van der Waals surface area contributed by atoms with E-state index in [-0.39, 0.29) is 5.69 Å². The second kappa shape index (κ2) is 4.43. The van der Waals surface area contributed by atoms with Gasteiger partial charge in [0.2, 0.25) is 0 Å². The highest BCUT2D eigenvalue weighted by atomic mass is 32.1. The summed E-state index contributed by atoms with van der Waals surface area (Å²) in [6.07, 6.45) is 1.67. The van der Waals surface area contributed by atoms with Gasteiger partial charge in [-0.15, -0.1) is 0 Å². The number of amides is 1. The van der Waals surface area contributed by atoms with E-state index in [4.69, 9.17) is 0 Å². The molecule has 0 fully saturated rings. The summed E-state index contributed by atoms with van der Waals surface area (Å²) in [5.74, 6) is -1.45. The predicted octanol–water partition coefficient (Wildman–Crippen LogP) is 1.19. The van der Waals surface area contributed by atoms with Crippen LogP contribution in [0.4, 0.5) is 5.69 Å². The molecule has 19 heavy (non-hydrogen) atoms. The predicted molar refractivity (Wildman–Crippen MR) is 68.3 cm³/mol. The second-order valence-electron chi connectivity index (χ2n) is 4.15. The fourth-order valence-electron chi connectivity index (χ4n) is 2.22. The van der Waals surface area contributed by atoms with E-state index in [0.29, 0.717) is 12.1 Å². The van der Waals surface area contributed by atoms with Gasteiger partial charge in [-0.1, -0.05) is 18.2 Å². The van der Waals surface area contributed by atoms with Crippen LogP contribution < -0.4 is 4.90 Å². The van der Waals surface area contributed by atoms with Gasteiger partial charge in [-0.2, -0.15) is 8.75 Å². The third-order valence-corrected chi connectivity index (χ3v) is 3.54. The molecule has 2 aromatic rings. The molecular formula is C12H9N3O3S. The van der Waals surface area contributed by atoms with Crippen molar-refractivity contribution in [3.05, 3.63) is 41.7 Å². The molecule has 3 rings (SSSR count). The maximum atomic E-state index is 12.4. The molecular weight excluding hydrogens is 266 g/mol. The van der Waals surface area contributed by atoms with Crippen molar-refractivity contribution in [2.45, 2.75) is 12.5 Å². The number of rotatable bonds is 2. The SMILES string of the molecule is O=C(O)C1Cc2ccccc2N1C(=O)c1cnsn1. The molecule has 1 aliphatic rings. The molecule has 0 aliphatic carbocycles. The Kier molecular flexibility index (Phi) is 2.75. The Morgan fingerprint density at radius 2 is 2.16 bits per heavy atom. The number of para-hydroxylation sites is 1. The molecule has 1 atom stereocenters. The van der Waals surface area contributed by atoms with Gasteiger partial charge in [0, 0.05) is 12.1 Å². The normalized spacial score (nSPS) is 17.3. The van der Waals surface area contributed by atoms with E-state index in [2.05, 4.69) is 8.75 Å². The molecule has 0 radical (unpaired) electrons. The van der Waals surface area contributed by atoms with Crippen LogP contribution in [0.1, 0.15) is 16.1 Å². The maximum Gasteiger partial charge on any atom is 0.327 e. The van der Waals surface area contributed by atoms with Gasteiger partial charge >= 0.3 is 5.97 Å².